The number of methoxy groups -OCH3 is 2. The van der Waals surface area contributed by atoms with Crippen LogP contribution in [0, 0.1) is 0 Å². The van der Waals surface area contributed by atoms with Crippen LogP contribution in [0.15, 0.2) is 104 Å². The first-order valence-corrected chi connectivity index (χ1v) is 11.5. The Hall–Kier alpha value is -4.77. The minimum Gasteiger partial charge on any atom is -0.497 e. The zero-order valence-corrected chi connectivity index (χ0v) is 20.2. The molecule has 0 bridgehead atoms. The van der Waals surface area contributed by atoms with Gasteiger partial charge < -0.3 is 9.47 Å². The molecule has 36 heavy (non-hydrogen) atoms. The fourth-order valence-corrected chi connectivity index (χ4v) is 3.87. The maximum atomic E-state index is 5.30. The van der Waals surface area contributed by atoms with E-state index in [1.165, 1.54) is 0 Å². The highest BCUT2D eigenvalue weighted by Crippen LogP contribution is 2.28. The highest BCUT2D eigenvalue weighted by molar-refractivity contribution is 5.71. The fraction of sp³-hybridized carbons (Fsp3) is 0.0645. The van der Waals surface area contributed by atoms with Gasteiger partial charge in [-0.25, -0.2) is 15.0 Å². The summed E-state index contributed by atoms with van der Waals surface area (Å²) in [7, 11) is 3.30. The summed E-state index contributed by atoms with van der Waals surface area (Å²) in [5.74, 6) is 3.35. The number of benzene rings is 4. The monoisotopic (exact) mass is 471 g/mol. The average molecular weight is 472 g/mol. The first-order chi connectivity index (χ1) is 17.7. The summed E-state index contributed by atoms with van der Waals surface area (Å²) < 4.78 is 10.6. The van der Waals surface area contributed by atoms with E-state index in [2.05, 4.69) is 43.0 Å². The SMILES string of the molecule is C=Cc1ccc(-c2ccc(-c3nc(-c4ccc(OC)cc4)nc(-c4ccc(OC)cc4)n3)cc2)cc1. The van der Waals surface area contributed by atoms with Crippen molar-refractivity contribution in [2.75, 3.05) is 14.2 Å². The molecule has 0 fully saturated rings. The minimum absolute atomic E-state index is 0.595. The molecule has 0 aliphatic rings. The number of nitrogens with zero attached hydrogens (tertiary/aromatic N) is 3. The summed E-state index contributed by atoms with van der Waals surface area (Å²) in [6, 6.07) is 32.0. The molecule has 0 spiro atoms. The Kier molecular flexibility index (Phi) is 6.54. The van der Waals surface area contributed by atoms with E-state index in [-0.39, 0.29) is 0 Å². The molecule has 0 unspecified atom stereocenters. The van der Waals surface area contributed by atoms with E-state index in [0.717, 1.165) is 44.9 Å². The van der Waals surface area contributed by atoms with Crippen LogP contribution in [-0.4, -0.2) is 29.2 Å². The van der Waals surface area contributed by atoms with Gasteiger partial charge in [0.05, 0.1) is 14.2 Å². The van der Waals surface area contributed by atoms with Crippen LogP contribution >= 0.6 is 0 Å². The van der Waals surface area contributed by atoms with Gasteiger partial charge in [-0.3, -0.25) is 0 Å². The molecule has 0 atom stereocenters. The molecule has 5 nitrogen and oxygen atoms in total. The first kappa shape index (κ1) is 23.0. The van der Waals surface area contributed by atoms with Crippen LogP contribution in [0.4, 0.5) is 0 Å². The number of rotatable bonds is 7. The van der Waals surface area contributed by atoms with Gasteiger partial charge in [0, 0.05) is 16.7 Å². The van der Waals surface area contributed by atoms with Crippen molar-refractivity contribution < 1.29 is 9.47 Å². The van der Waals surface area contributed by atoms with Gasteiger partial charge in [0.2, 0.25) is 0 Å². The Morgan fingerprint density at radius 3 is 1.11 bits per heavy atom. The lowest BCUT2D eigenvalue weighted by molar-refractivity contribution is 0.415. The topological polar surface area (TPSA) is 57.1 Å². The summed E-state index contributed by atoms with van der Waals surface area (Å²) in [5.41, 5.74) is 6.03. The van der Waals surface area contributed by atoms with E-state index in [4.69, 9.17) is 24.4 Å². The molecule has 176 valence electrons. The van der Waals surface area contributed by atoms with E-state index in [9.17, 15) is 0 Å². The van der Waals surface area contributed by atoms with Gasteiger partial charge in [-0.05, 0) is 65.2 Å². The minimum atomic E-state index is 0.595. The highest BCUT2D eigenvalue weighted by atomic mass is 16.5. The maximum absolute atomic E-state index is 5.30. The van der Waals surface area contributed by atoms with Crippen molar-refractivity contribution in [2.24, 2.45) is 0 Å². The van der Waals surface area contributed by atoms with Crippen LogP contribution in [0.3, 0.4) is 0 Å². The van der Waals surface area contributed by atoms with Gasteiger partial charge in [-0.15, -0.1) is 0 Å². The zero-order chi connectivity index (χ0) is 24.9. The first-order valence-electron chi connectivity index (χ1n) is 11.5. The van der Waals surface area contributed by atoms with Gasteiger partial charge in [-0.1, -0.05) is 61.2 Å². The van der Waals surface area contributed by atoms with E-state index in [0.29, 0.717) is 17.5 Å². The smallest absolute Gasteiger partial charge is 0.164 e. The van der Waals surface area contributed by atoms with Crippen LogP contribution in [0.5, 0.6) is 11.5 Å². The molecule has 5 rings (SSSR count). The van der Waals surface area contributed by atoms with E-state index >= 15 is 0 Å². The lowest BCUT2D eigenvalue weighted by Gasteiger charge is -2.10. The summed E-state index contributed by atoms with van der Waals surface area (Å²) in [6.07, 6.45) is 1.84. The van der Waals surface area contributed by atoms with Gasteiger partial charge in [-0.2, -0.15) is 0 Å². The molecule has 0 saturated heterocycles. The van der Waals surface area contributed by atoms with Crippen LogP contribution in [0.1, 0.15) is 5.56 Å². The van der Waals surface area contributed by atoms with Gasteiger partial charge in [0.1, 0.15) is 11.5 Å². The average Bonchev–Trinajstić information content (AvgIpc) is 2.97. The van der Waals surface area contributed by atoms with Gasteiger partial charge >= 0.3 is 0 Å². The van der Waals surface area contributed by atoms with Crippen molar-refractivity contribution in [1.82, 2.24) is 15.0 Å². The van der Waals surface area contributed by atoms with Crippen molar-refractivity contribution in [3.05, 3.63) is 109 Å². The summed E-state index contributed by atoms with van der Waals surface area (Å²) in [6.45, 7) is 3.82. The number of hydrogen-bond acceptors (Lipinski definition) is 5. The second-order valence-electron chi connectivity index (χ2n) is 8.17. The predicted octanol–water partition coefficient (Wildman–Crippen LogP) is 7.20. The Bertz CT molecular complexity index is 1410. The number of aromatic nitrogens is 3. The van der Waals surface area contributed by atoms with E-state index < -0.39 is 0 Å². The highest BCUT2D eigenvalue weighted by Gasteiger charge is 2.13. The maximum Gasteiger partial charge on any atom is 0.164 e. The number of hydrogen-bond donors (Lipinski definition) is 0. The van der Waals surface area contributed by atoms with Crippen molar-refractivity contribution >= 4 is 6.08 Å². The normalized spacial score (nSPS) is 10.6. The molecule has 1 heterocycles. The largest absolute Gasteiger partial charge is 0.497 e. The molecule has 0 N–H and O–H groups in total. The summed E-state index contributed by atoms with van der Waals surface area (Å²) in [5, 5.41) is 0. The Morgan fingerprint density at radius 2 is 0.778 bits per heavy atom. The van der Waals surface area contributed by atoms with Crippen molar-refractivity contribution in [3.63, 3.8) is 0 Å². The second kappa shape index (κ2) is 10.2. The second-order valence-corrected chi connectivity index (χ2v) is 8.17. The van der Waals surface area contributed by atoms with Crippen molar-refractivity contribution in [2.45, 2.75) is 0 Å². The Balaban J connectivity index is 1.56. The van der Waals surface area contributed by atoms with Gasteiger partial charge in [0.15, 0.2) is 17.5 Å². The molecular formula is C31H25N3O2. The fourth-order valence-electron chi connectivity index (χ4n) is 3.87. The molecule has 1 aromatic heterocycles. The van der Waals surface area contributed by atoms with Crippen LogP contribution in [-0.2, 0) is 0 Å². The van der Waals surface area contributed by atoms with Crippen molar-refractivity contribution in [1.29, 1.82) is 0 Å². The quantitative estimate of drug-likeness (QED) is 0.251. The molecule has 0 amide bonds. The van der Waals surface area contributed by atoms with Gasteiger partial charge in [0.25, 0.3) is 0 Å². The van der Waals surface area contributed by atoms with E-state index in [1.807, 2.05) is 66.7 Å². The molecule has 0 aliphatic carbocycles. The molecular weight excluding hydrogens is 446 g/mol. The van der Waals surface area contributed by atoms with Crippen LogP contribution < -0.4 is 9.47 Å². The standard InChI is InChI=1S/C31H25N3O2/c1-4-21-5-7-22(8-6-21)23-9-11-24(12-10-23)29-32-30(25-13-17-27(35-2)18-14-25)34-31(33-29)26-15-19-28(36-3)20-16-26/h4-20H,1H2,2-3H3. The zero-order valence-electron chi connectivity index (χ0n) is 20.2. The molecule has 5 aromatic rings. The number of ether oxygens (including phenoxy) is 2. The summed E-state index contributed by atoms with van der Waals surface area (Å²) >= 11 is 0. The lowest BCUT2D eigenvalue weighted by atomic mass is 10.0. The lowest BCUT2D eigenvalue weighted by Crippen LogP contribution is -2.00. The van der Waals surface area contributed by atoms with E-state index in [1.54, 1.807) is 14.2 Å². The molecule has 0 radical (unpaired) electrons. The third kappa shape index (κ3) is 4.86. The third-order valence-corrected chi connectivity index (χ3v) is 5.95. The Morgan fingerprint density at radius 1 is 0.472 bits per heavy atom. The van der Waals surface area contributed by atoms with Crippen LogP contribution in [0.2, 0.25) is 0 Å². The molecule has 0 saturated carbocycles. The molecule has 4 aromatic carbocycles. The molecule has 5 heteroatoms. The van der Waals surface area contributed by atoms with Crippen molar-refractivity contribution in [3.8, 4) is 56.8 Å². The molecule has 0 aliphatic heterocycles. The van der Waals surface area contributed by atoms with Crippen LogP contribution in [0.25, 0.3) is 51.4 Å². The summed E-state index contributed by atoms with van der Waals surface area (Å²) in [4.78, 5) is 14.4. The predicted molar refractivity (Wildman–Crippen MR) is 145 cm³/mol. The Labute approximate surface area is 210 Å². The third-order valence-electron chi connectivity index (χ3n) is 5.95.